The molecule has 0 amide bonds. The lowest BCUT2D eigenvalue weighted by Crippen LogP contribution is -2.29. The van der Waals surface area contributed by atoms with Gasteiger partial charge in [-0.1, -0.05) is 0 Å². The molecule has 0 aliphatic carbocycles. The van der Waals surface area contributed by atoms with Gasteiger partial charge in [-0.15, -0.1) is 0 Å². The van der Waals surface area contributed by atoms with Gasteiger partial charge in [-0.25, -0.2) is 0 Å². The maximum atomic E-state index is 4.55. The zero-order valence-electron chi connectivity index (χ0n) is 9.65. The summed E-state index contributed by atoms with van der Waals surface area (Å²) in [6.45, 7) is 4.54. The molecular weight excluding hydrogens is 200 g/mol. The van der Waals surface area contributed by atoms with Crippen LogP contribution in [0.25, 0.3) is 0 Å². The van der Waals surface area contributed by atoms with Gasteiger partial charge in [0.15, 0.2) is 0 Å². The van der Waals surface area contributed by atoms with E-state index in [9.17, 15) is 0 Å². The van der Waals surface area contributed by atoms with Crippen molar-refractivity contribution in [3.05, 3.63) is 18.0 Å². The van der Waals surface area contributed by atoms with E-state index in [2.05, 4.69) is 32.8 Å². The van der Waals surface area contributed by atoms with Crippen molar-refractivity contribution in [1.82, 2.24) is 20.4 Å². The Kier molecular flexibility index (Phi) is 2.93. The largest absolute Gasteiger partial charge is 0.317 e. The highest BCUT2D eigenvalue weighted by molar-refractivity contribution is 5.14. The van der Waals surface area contributed by atoms with Gasteiger partial charge in [0.1, 0.15) is 0 Å². The third-order valence-corrected chi connectivity index (χ3v) is 3.84. The van der Waals surface area contributed by atoms with Crippen LogP contribution in [0.3, 0.4) is 0 Å². The lowest BCUT2D eigenvalue weighted by atomic mass is 10.0. The van der Waals surface area contributed by atoms with Crippen molar-refractivity contribution < 1.29 is 0 Å². The van der Waals surface area contributed by atoms with Gasteiger partial charge in [0.25, 0.3) is 0 Å². The molecule has 88 valence electrons. The Morgan fingerprint density at radius 3 is 2.69 bits per heavy atom. The minimum atomic E-state index is 0.615. The van der Waals surface area contributed by atoms with Crippen LogP contribution in [0.2, 0.25) is 0 Å². The molecule has 1 atom stereocenters. The number of nitrogens with one attached hydrogen (secondary N) is 2. The molecule has 2 aliphatic rings. The standard InChI is InChI=1S/C12H20N4/c1-4-14-7-10(1)11-8-15-16(9-11)12-2-5-13-6-3-12/h8-10,12-14H,1-7H2. The Balaban J connectivity index is 1.71. The molecule has 16 heavy (non-hydrogen) atoms. The fourth-order valence-electron chi connectivity index (χ4n) is 2.77. The summed E-state index contributed by atoms with van der Waals surface area (Å²) < 4.78 is 2.19. The van der Waals surface area contributed by atoms with Gasteiger partial charge in [0, 0.05) is 18.7 Å². The van der Waals surface area contributed by atoms with Crippen molar-refractivity contribution >= 4 is 0 Å². The topological polar surface area (TPSA) is 41.9 Å². The number of piperidine rings is 1. The smallest absolute Gasteiger partial charge is 0.0543 e. The van der Waals surface area contributed by atoms with Gasteiger partial charge in [0.05, 0.1) is 12.2 Å². The van der Waals surface area contributed by atoms with Crippen LogP contribution >= 0.6 is 0 Å². The molecule has 0 bridgehead atoms. The predicted molar refractivity (Wildman–Crippen MR) is 63.6 cm³/mol. The second-order valence-corrected chi connectivity index (χ2v) is 4.92. The Morgan fingerprint density at radius 1 is 1.12 bits per heavy atom. The molecule has 0 aromatic carbocycles. The van der Waals surface area contributed by atoms with Gasteiger partial charge in [-0.3, -0.25) is 4.68 Å². The first kappa shape index (κ1) is 10.3. The maximum Gasteiger partial charge on any atom is 0.0543 e. The van der Waals surface area contributed by atoms with Crippen LogP contribution in [0.15, 0.2) is 12.4 Å². The molecule has 3 heterocycles. The molecule has 4 heteroatoms. The fourth-order valence-corrected chi connectivity index (χ4v) is 2.77. The first-order valence-electron chi connectivity index (χ1n) is 6.39. The molecule has 2 aliphatic heterocycles. The quantitative estimate of drug-likeness (QED) is 0.777. The second-order valence-electron chi connectivity index (χ2n) is 4.92. The molecule has 0 radical (unpaired) electrons. The second kappa shape index (κ2) is 4.55. The summed E-state index contributed by atoms with van der Waals surface area (Å²) in [7, 11) is 0. The third kappa shape index (κ3) is 1.99. The molecule has 4 nitrogen and oxygen atoms in total. The molecule has 1 aromatic heterocycles. The van der Waals surface area contributed by atoms with Gasteiger partial charge in [-0.2, -0.15) is 5.10 Å². The van der Waals surface area contributed by atoms with Crippen LogP contribution in [0.5, 0.6) is 0 Å². The Hall–Kier alpha value is -0.870. The van der Waals surface area contributed by atoms with E-state index in [0.717, 1.165) is 26.2 Å². The normalized spacial score (nSPS) is 27.4. The summed E-state index contributed by atoms with van der Waals surface area (Å²) in [6.07, 6.45) is 8.03. The van der Waals surface area contributed by atoms with E-state index in [0.29, 0.717) is 12.0 Å². The van der Waals surface area contributed by atoms with Crippen molar-refractivity contribution in [3.63, 3.8) is 0 Å². The minimum absolute atomic E-state index is 0.615. The van der Waals surface area contributed by atoms with E-state index in [4.69, 9.17) is 0 Å². The number of hydrogen-bond acceptors (Lipinski definition) is 3. The molecule has 1 unspecified atom stereocenters. The summed E-state index contributed by atoms with van der Waals surface area (Å²) in [5, 5.41) is 11.4. The van der Waals surface area contributed by atoms with E-state index in [1.165, 1.54) is 24.8 Å². The van der Waals surface area contributed by atoms with Gasteiger partial charge in [0.2, 0.25) is 0 Å². The van der Waals surface area contributed by atoms with E-state index >= 15 is 0 Å². The summed E-state index contributed by atoms with van der Waals surface area (Å²) in [5.41, 5.74) is 1.42. The van der Waals surface area contributed by atoms with Crippen molar-refractivity contribution in [2.45, 2.75) is 31.2 Å². The van der Waals surface area contributed by atoms with E-state index in [1.807, 2.05) is 0 Å². The van der Waals surface area contributed by atoms with Crippen molar-refractivity contribution in [2.24, 2.45) is 0 Å². The van der Waals surface area contributed by atoms with Crippen molar-refractivity contribution in [3.8, 4) is 0 Å². The van der Waals surface area contributed by atoms with Crippen LogP contribution in [-0.4, -0.2) is 36.0 Å². The molecule has 2 saturated heterocycles. The summed E-state index contributed by atoms with van der Waals surface area (Å²) in [6, 6.07) is 0.615. The first-order valence-corrected chi connectivity index (χ1v) is 6.39. The number of aromatic nitrogens is 2. The first-order chi connectivity index (χ1) is 7.93. The third-order valence-electron chi connectivity index (χ3n) is 3.84. The lowest BCUT2D eigenvalue weighted by molar-refractivity contribution is 0.343. The Labute approximate surface area is 96.4 Å². The molecule has 2 N–H and O–H groups in total. The van der Waals surface area contributed by atoms with Crippen molar-refractivity contribution in [2.75, 3.05) is 26.2 Å². The van der Waals surface area contributed by atoms with Gasteiger partial charge >= 0.3 is 0 Å². The number of hydrogen-bond donors (Lipinski definition) is 2. The van der Waals surface area contributed by atoms with Crippen LogP contribution in [0, 0.1) is 0 Å². The summed E-state index contributed by atoms with van der Waals surface area (Å²) in [5.74, 6) is 0.690. The highest BCUT2D eigenvalue weighted by Gasteiger charge is 2.20. The fraction of sp³-hybridized carbons (Fsp3) is 0.750. The molecule has 0 spiro atoms. The van der Waals surface area contributed by atoms with Crippen molar-refractivity contribution in [1.29, 1.82) is 0 Å². The highest BCUT2D eigenvalue weighted by Crippen LogP contribution is 2.24. The number of rotatable bonds is 2. The van der Waals surface area contributed by atoms with Crippen LogP contribution in [-0.2, 0) is 0 Å². The Morgan fingerprint density at radius 2 is 1.94 bits per heavy atom. The van der Waals surface area contributed by atoms with Gasteiger partial charge in [-0.05, 0) is 44.5 Å². The van der Waals surface area contributed by atoms with E-state index in [1.54, 1.807) is 0 Å². The average Bonchev–Trinajstić information content (AvgIpc) is 3.01. The van der Waals surface area contributed by atoms with E-state index < -0.39 is 0 Å². The van der Waals surface area contributed by atoms with Crippen LogP contribution in [0.1, 0.15) is 36.8 Å². The van der Waals surface area contributed by atoms with Gasteiger partial charge < -0.3 is 10.6 Å². The SMILES string of the molecule is c1nn(C2CCNCC2)cc1C1CCNC1. The molecule has 0 saturated carbocycles. The minimum Gasteiger partial charge on any atom is -0.317 e. The molecule has 1 aromatic rings. The molecule has 3 rings (SSSR count). The zero-order valence-corrected chi connectivity index (χ0v) is 9.65. The van der Waals surface area contributed by atoms with Crippen LogP contribution in [0.4, 0.5) is 0 Å². The summed E-state index contributed by atoms with van der Waals surface area (Å²) in [4.78, 5) is 0. The molecule has 2 fully saturated rings. The maximum absolute atomic E-state index is 4.55. The lowest BCUT2D eigenvalue weighted by Gasteiger charge is -2.22. The molecular formula is C12H20N4. The highest BCUT2D eigenvalue weighted by atomic mass is 15.3. The number of nitrogens with zero attached hydrogens (tertiary/aromatic N) is 2. The van der Waals surface area contributed by atoms with E-state index in [-0.39, 0.29) is 0 Å². The average molecular weight is 220 g/mol. The predicted octanol–water partition coefficient (Wildman–Crippen LogP) is 0.884. The zero-order chi connectivity index (χ0) is 10.8. The summed E-state index contributed by atoms with van der Waals surface area (Å²) >= 11 is 0. The Bertz CT molecular complexity index is 335. The monoisotopic (exact) mass is 220 g/mol. The van der Waals surface area contributed by atoms with Crippen LogP contribution < -0.4 is 10.6 Å².